The largest absolute Gasteiger partial charge is 0.338 e. The lowest BCUT2D eigenvalue weighted by Gasteiger charge is -2.34. The van der Waals surface area contributed by atoms with Gasteiger partial charge in [-0.05, 0) is 62.7 Å². The Morgan fingerprint density at radius 1 is 1.15 bits per heavy atom. The summed E-state index contributed by atoms with van der Waals surface area (Å²) in [4.78, 5) is 21.5. The normalized spacial score (nSPS) is 21.7. The van der Waals surface area contributed by atoms with E-state index in [1.165, 1.54) is 18.4 Å². The second kappa shape index (κ2) is 8.21. The van der Waals surface area contributed by atoms with Crippen molar-refractivity contribution in [3.05, 3.63) is 48.0 Å². The van der Waals surface area contributed by atoms with Crippen molar-refractivity contribution in [2.75, 3.05) is 26.2 Å². The average molecular weight is 367 g/mol. The number of piperidine rings is 1. The zero-order valence-corrected chi connectivity index (χ0v) is 16.1. The molecule has 1 atom stereocenters. The fourth-order valence-corrected chi connectivity index (χ4v) is 4.52. The first-order chi connectivity index (χ1) is 13.2. The first kappa shape index (κ1) is 18.2. The maximum absolute atomic E-state index is 12.7. The SMILES string of the molecule is CCn1cc(C(=O)N2CC[C@@H](C3CCN(Cc4cccnc4)CC3)C2)cn1. The summed E-state index contributed by atoms with van der Waals surface area (Å²) in [6.45, 7) is 7.92. The van der Waals surface area contributed by atoms with Crippen molar-refractivity contribution in [3.8, 4) is 0 Å². The molecule has 4 heterocycles. The number of hydrogen-bond donors (Lipinski definition) is 0. The number of carbonyl (C=O) groups is 1. The average Bonchev–Trinajstić information content (AvgIpc) is 3.39. The zero-order chi connectivity index (χ0) is 18.6. The van der Waals surface area contributed by atoms with Crippen LogP contribution in [0.2, 0.25) is 0 Å². The number of nitrogens with zero attached hydrogens (tertiary/aromatic N) is 5. The van der Waals surface area contributed by atoms with Crippen LogP contribution < -0.4 is 0 Å². The Kier molecular flexibility index (Phi) is 5.53. The van der Waals surface area contributed by atoms with Crippen molar-refractivity contribution >= 4 is 5.91 Å². The molecule has 0 unspecified atom stereocenters. The summed E-state index contributed by atoms with van der Waals surface area (Å²) >= 11 is 0. The van der Waals surface area contributed by atoms with Crippen LogP contribution in [0.25, 0.3) is 0 Å². The van der Waals surface area contributed by atoms with E-state index in [0.717, 1.165) is 57.2 Å². The minimum Gasteiger partial charge on any atom is -0.338 e. The van der Waals surface area contributed by atoms with Crippen molar-refractivity contribution in [2.24, 2.45) is 11.8 Å². The molecule has 6 heteroatoms. The predicted octanol–water partition coefficient (Wildman–Crippen LogP) is 2.67. The van der Waals surface area contributed by atoms with Crippen LogP contribution in [-0.2, 0) is 13.1 Å². The molecule has 2 saturated heterocycles. The second-order valence-corrected chi connectivity index (χ2v) is 7.86. The number of hydrogen-bond acceptors (Lipinski definition) is 4. The van der Waals surface area contributed by atoms with Crippen molar-refractivity contribution in [1.29, 1.82) is 0 Å². The van der Waals surface area contributed by atoms with Gasteiger partial charge in [-0.15, -0.1) is 0 Å². The van der Waals surface area contributed by atoms with Gasteiger partial charge in [-0.2, -0.15) is 5.10 Å². The third kappa shape index (κ3) is 4.21. The number of aryl methyl sites for hydroxylation is 1. The fraction of sp³-hybridized carbons (Fsp3) is 0.571. The zero-order valence-electron chi connectivity index (χ0n) is 16.1. The third-order valence-electron chi connectivity index (χ3n) is 6.14. The van der Waals surface area contributed by atoms with Crippen molar-refractivity contribution < 1.29 is 4.79 Å². The molecule has 0 aliphatic carbocycles. The van der Waals surface area contributed by atoms with Gasteiger partial charge in [-0.1, -0.05) is 6.07 Å². The molecule has 0 saturated carbocycles. The molecule has 2 aromatic rings. The first-order valence-electron chi connectivity index (χ1n) is 10.2. The van der Waals surface area contributed by atoms with Crippen LogP contribution in [-0.4, -0.2) is 56.7 Å². The number of rotatable bonds is 5. The van der Waals surface area contributed by atoms with Gasteiger partial charge in [0.25, 0.3) is 5.91 Å². The van der Waals surface area contributed by atoms with Crippen LogP contribution in [0.15, 0.2) is 36.9 Å². The molecule has 6 nitrogen and oxygen atoms in total. The highest BCUT2D eigenvalue weighted by atomic mass is 16.2. The molecule has 0 spiro atoms. The van der Waals surface area contributed by atoms with Crippen LogP contribution in [0, 0.1) is 11.8 Å². The molecular formula is C21H29N5O. The highest BCUT2D eigenvalue weighted by Crippen LogP contribution is 2.32. The van der Waals surface area contributed by atoms with Gasteiger partial charge in [0.1, 0.15) is 0 Å². The Hall–Kier alpha value is -2.21. The van der Waals surface area contributed by atoms with Crippen molar-refractivity contribution in [2.45, 2.75) is 39.3 Å². The second-order valence-electron chi connectivity index (χ2n) is 7.86. The standard InChI is InChI=1S/C21H29N5O/c1-2-26-16-20(13-23-26)21(27)25-11-7-19(15-25)18-5-9-24(10-6-18)14-17-4-3-8-22-12-17/h3-4,8,12-13,16,18-19H,2,5-7,9-11,14-15H2,1H3/t19-/m1/s1. The summed E-state index contributed by atoms with van der Waals surface area (Å²) < 4.78 is 1.82. The molecular weight excluding hydrogens is 338 g/mol. The quantitative estimate of drug-likeness (QED) is 0.815. The lowest BCUT2D eigenvalue weighted by atomic mass is 9.83. The molecule has 144 valence electrons. The molecule has 0 bridgehead atoms. The Morgan fingerprint density at radius 2 is 1.96 bits per heavy atom. The minimum absolute atomic E-state index is 0.145. The van der Waals surface area contributed by atoms with E-state index in [1.54, 1.807) is 6.20 Å². The van der Waals surface area contributed by atoms with E-state index in [0.29, 0.717) is 5.92 Å². The summed E-state index contributed by atoms with van der Waals surface area (Å²) in [5.74, 6) is 1.54. The molecule has 2 fully saturated rings. The molecule has 27 heavy (non-hydrogen) atoms. The van der Waals surface area contributed by atoms with Crippen LogP contribution >= 0.6 is 0 Å². The van der Waals surface area contributed by atoms with Gasteiger partial charge in [0.05, 0.1) is 11.8 Å². The fourth-order valence-electron chi connectivity index (χ4n) is 4.52. The van der Waals surface area contributed by atoms with Gasteiger partial charge >= 0.3 is 0 Å². The lowest BCUT2D eigenvalue weighted by molar-refractivity contribution is 0.0773. The Bertz CT molecular complexity index is 751. The maximum Gasteiger partial charge on any atom is 0.257 e. The van der Waals surface area contributed by atoms with Crippen LogP contribution in [0.4, 0.5) is 0 Å². The minimum atomic E-state index is 0.145. The molecule has 2 aliphatic rings. The Morgan fingerprint density at radius 3 is 2.67 bits per heavy atom. The molecule has 2 aliphatic heterocycles. The van der Waals surface area contributed by atoms with Crippen LogP contribution in [0.1, 0.15) is 42.1 Å². The molecule has 1 amide bonds. The number of carbonyl (C=O) groups excluding carboxylic acids is 1. The smallest absolute Gasteiger partial charge is 0.257 e. The number of aromatic nitrogens is 3. The van der Waals surface area contributed by atoms with E-state index in [9.17, 15) is 4.79 Å². The Labute approximate surface area is 161 Å². The summed E-state index contributed by atoms with van der Waals surface area (Å²) in [5.41, 5.74) is 2.02. The van der Waals surface area contributed by atoms with Crippen molar-refractivity contribution in [3.63, 3.8) is 0 Å². The first-order valence-corrected chi connectivity index (χ1v) is 10.2. The van der Waals surface area contributed by atoms with Gasteiger partial charge in [0.15, 0.2) is 0 Å². The third-order valence-corrected chi connectivity index (χ3v) is 6.14. The highest BCUT2D eigenvalue weighted by molar-refractivity contribution is 5.93. The van der Waals surface area contributed by atoms with E-state index in [4.69, 9.17) is 0 Å². The van der Waals surface area contributed by atoms with Gasteiger partial charge in [-0.3, -0.25) is 19.4 Å². The summed E-state index contributed by atoms with van der Waals surface area (Å²) in [6, 6.07) is 4.16. The lowest BCUT2D eigenvalue weighted by Crippen LogP contribution is -2.37. The summed E-state index contributed by atoms with van der Waals surface area (Å²) in [6.07, 6.45) is 11.0. The van der Waals surface area contributed by atoms with Crippen molar-refractivity contribution in [1.82, 2.24) is 24.6 Å². The topological polar surface area (TPSA) is 54.3 Å². The van der Waals surface area contributed by atoms with Crippen LogP contribution in [0.5, 0.6) is 0 Å². The number of likely N-dealkylation sites (tertiary alicyclic amines) is 2. The molecule has 0 aromatic carbocycles. The van der Waals surface area contributed by atoms with Gasteiger partial charge in [0, 0.05) is 44.8 Å². The van der Waals surface area contributed by atoms with Crippen LogP contribution in [0.3, 0.4) is 0 Å². The monoisotopic (exact) mass is 367 g/mol. The Balaban J connectivity index is 1.27. The van der Waals surface area contributed by atoms with E-state index < -0.39 is 0 Å². The molecule has 4 rings (SSSR count). The van der Waals surface area contributed by atoms with Gasteiger partial charge < -0.3 is 4.90 Å². The maximum atomic E-state index is 12.7. The van der Waals surface area contributed by atoms with E-state index in [2.05, 4.69) is 21.0 Å². The van der Waals surface area contributed by atoms with E-state index >= 15 is 0 Å². The molecule has 0 N–H and O–H groups in total. The molecule has 2 aromatic heterocycles. The van der Waals surface area contributed by atoms with E-state index in [1.807, 2.05) is 41.2 Å². The predicted molar refractivity (Wildman–Crippen MR) is 104 cm³/mol. The number of amides is 1. The summed E-state index contributed by atoms with van der Waals surface area (Å²) in [7, 11) is 0. The number of pyridine rings is 1. The highest BCUT2D eigenvalue weighted by Gasteiger charge is 2.34. The van der Waals surface area contributed by atoms with Gasteiger partial charge in [-0.25, -0.2) is 0 Å². The summed E-state index contributed by atoms with van der Waals surface area (Å²) in [5, 5.41) is 4.24. The van der Waals surface area contributed by atoms with Gasteiger partial charge in [0.2, 0.25) is 0 Å². The molecule has 0 radical (unpaired) electrons. The van der Waals surface area contributed by atoms with E-state index in [-0.39, 0.29) is 5.91 Å².